The number of phosphoric ester groups is 1. The van der Waals surface area contributed by atoms with E-state index in [-0.39, 0.29) is 12.5 Å². The van der Waals surface area contributed by atoms with Gasteiger partial charge in [-0.15, -0.1) is 11.8 Å². The normalized spacial score (nSPS) is 12.2. The molecule has 0 radical (unpaired) electrons. The fourth-order valence-corrected chi connectivity index (χ4v) is 1.81. The lowest BCUT2D eigenvalue weighted by molar-refractivity contribution is -0.223. The van der Waals surface area contributed by atoms with Gasteiger partial charge >= 0.3 is 0 Å². The van der Waals surface area contributed by atoms with E-state index in [0.717, 1.165) is 32.8 Å². The maximum atomic E-state index is 11.1. The summed E-state index contributed by atoms with van der Waals surface area (Å²) in [6.07, 6.45) is 4.80. The summed E-state index contributed by atoms with van der Waals surface area (Å²) >= 11 is 0. The Kier molecular flexibility index (Phi) is 17.6. The zero-order chi connectivity index (χ0) is 17.3. The summed E-state index contributed by atoms with van der Waals surface area (Å²) in [5.74, 6) is 5.45. The van der Waals surface area contributed by atoms with E-state index in [4.69, 9.17) is 0 Å². The molecule has 0 aliphatic rings. The molecule has 0 aliphatic carbocycles. The fraction of sp³-hybridized carbons (Fsp3) is 0.800. The van der Waals surface area contributed by atoms with Crippen molar-refractivity contribution in [3.8, 4) is 11.8 Å². The van der Waals surface area contributed by atoms with Crippen LogP contribution in [-0.4, -0.2) is 26.2 Å². The first-order valence-corrected chi connectivity index (χ1v) is 9.01. The van der Waals surface area contributed by atoms with Gasteiger partial charge in [-0.3, -0.25) is 9.36 Å². The van der Waals surface area contributed by atoms with Crippen LogP contribution in [0.4, 0.5) is 0 Å². The van der Waals surface area contributed by atoms with Crippen LogP contribution in [0.3, 0.4) is 0 Å². The van der Waals surface area contributed by atoms with Gasteiger partial charge in [0.25, 0.3) is 7.82 Å². The highest BCUT2D eigenvalue weighted by Crippen LogP contribution is 2.36. The van der Waals surface area contributed by atoms with E-state index in [9.17, 15) is 14.3 Å². The molecule has 1 N–H and O–H groups in total. The van der Waals surface area contributed by atoms with E-state index in [1.165, 1.54) is 0 Å². The molecule has 0 bridgehead atoms. The monoisotopic (exact) mass is 334 g/mol. The van der Waals surface area contributed by atoms with Crippen molar-refractivity contribution in [2.75, 3.05) is 20.3 Å². The van der Waals surface area contributed by atoms with Gasteiger partial charge in [0, 0.05) is 20.1 Å². The first-order chi connectivity index (χ1) is 10.4. The Bertz CT molecular complexity index is 370. The number of phosphoric acid groups is 1. The van der Waals surface area contributed by atoms with Crippen molar-refractivity contribution < 1.29 is 23.3 Å². The Morgan fingerprint density at radius 3 is 2.27 bits per heavy atom. The average molecular weight is 334 g/mol. The van der Waals surface area contributed by atoms with Crippen molar-refractivity contribution in [2.24, 2.45) is 0 Å². The van der Waals surface area contributed by atoms with Crippen LogP contribution in [0, 0.1) is 11.8 Å². The minimum absolute atomic E-state index is 0.0909. The molecule has 1 amide bonds. The van der Waals surface area contributed by atoms with Crippen molar-refractivity contribution in [3.05, 3.63) is 0 Å². The molecule has 0 heterocycles. The number of hydrogen-bond donors (Lipinski definition) is 1. The van der Waals surface area contributed by atoms with Gasteiger partial charge in [-0.25, -0.2) is 0 Å². The van der Waals surface area contributed by atoms with Crippen LogP contribution in [0.1, 0.15) is 59.3 Å². The van der Waals surface area contributed by atoms with Crippen LogP contribution < -0.4 is 10.2 Å². The summed E-state index contributed by atoms with van der Waals surface area (Å²) in [7, 11) is -2.99. The molecule has 1 atom stereocenters. The van der Waals surface area contributed by atoms with Gasteiger partial charge in [0.05, 0.1) is 6.61 Å². The zero-order valence-corrected chi connectivity index (χ0v) is 15.0. The third-order valence-electron chi connectivity index (χ3n) is 2.59. The molecular formula is C15H29NO5P-. The summed E-state index contributed by atoms with van der Waals surface area (Å²) in [4.78, 5) is 21.9. The third kappa shape index (κ3) is 19.1. The smallest absolute Gasteiger partial charge is 0.267 e. The highest BCUT2D eigenvalue weighted by Gasteiger charge is 2.04. The summed E-state index contributed by atoms with van der Waals surface area (Å²) in [5.41, 5.74) is 0. The molecule has 130 valence electrons. The minimum Gasteiger partial charge on any atom is -0.756 e. The summed E-state index contributed by atoms with van der Waals surface area (Å²) in [5, 5.41) is 2.82. The number of hydrogen-bond acceptors (Lipinski definition) is 5. The molecule has 0 aromatic carbocycles. The number of unbranched alkanes of at least 4 members (excludes halogenated alkanes) is 3. The predicted octanol–water partition coefficient (Wildman–Crippen LogP) is 2.62. The van der Waals surface area contributed by atoms with Crippen molar-refractivity contribution in [1.82, 2.24) is 5.32 Å². The second-order valence-electron chi connectivity index (χ2n) is 4.48. The first-order valence-electron chi connectivity index (χ1n) is 7.55. The van der Waals surface area contributed by atoms with E-state index in [2.05, 4.69) is 26.2 Å². The Hall–Kier alpha value is -0.860. The highest BCUT2D eigenvalue weighted by molar-refractivity contribution is 7.45. The molecule has 0 rings (SSSR count). The minimum atomic E-state index is -4.06. The quantitative estimate of drug-likeness (QED) is 0.356. The highest BCUT2D eigenvalue weighted by atomic mass is 31.2. The van der Waals surface area contributed by atoms with E-state index in [1.807, 2.05) is 20.8 Å². The Labute approximate surface area is 134 Å². The van der Waals surface area contributed by atoms with Gasteiger partial charge < -0.3 is 19.3 Å². The summed E-state index contributed by atoms with van der Waals surface area (Å²) in [6.45, 7) is 6.43. The number of carbonyl (C=O) groups is 1. The first kappa shape index (κ1) is 23.4. The zero-order valence-electron chi connectivity index (χ0n) is 14.1. The molecule has 22 heavy (non-hydrogen) atoms. The Morgan fingerprint density at radius 2 is 1.77 bits per heavy atom. The van der Waals surface area contributed by atoms with Crippen molar-refractivity contribution in [1.29, 1.82) is 0 Å². The van der Waals surface area contributed by atoms with Gasteiger partial charge in [-0.2, -0.15) is 0 Å². The lowest BCUT2D eigenvalue weighted by atomic mass is 10.2. The standard InChI is InChI=1S/C11H24NO5P.C4H6/c1-3-8-11(13)12-9-6-4-5-7-10-17-18(14,15)16-2;1-3-4-2/h3-10H2,1-2H3,(H,12,13)(H,14,15);1-2H3/p-1. The van der Waals surface area contributed by atoms with E-state index >= 15 is 0 Å². The van der Waals surface area contributed by atoms with Gasteiger partial charge in [0.2, 0.25) is 5.91 Å². The summed E-state index contributed by atoms with van der Waals surface area (Å²) < 4.78 is 19.5. The lowest BCUT2D eigenvalue weighted by Gasteiger charge is -2.19. The maximum Gasteiger partial charge on any atom is 0.267 e. The largest absolute Gasteiger partial charge is 0.756 e. The molecule has 0 saturated heterocycles. The molecule has 0 spiro atoms. The third-order valence-corrected chi connectivity index (χ3v) is 3.54. The summed E-state index contributed by atoms with van der Waals surface area (Å²) in [6, 6.07) is 0. The van der Waals surface area contributed by atoms with Crippen molar-refractivity contribution >= 4 is 13.7 Å². The molecule has 0 fully saturated rings. The van der Waals surface area contributed by atoms with Crippen LogP contribution >= 0.6 is 7.82 Å². The average Bonchev–Trinajstić information content (AvgIpc) is 2.50. The maximum absolute atomic E-state index is 11.1. The van der Waals surface area contributed by atoms with E-state index in [0.29, 0.717) is 19.4 Å². The van der Waals surface area contributed by atoms with Crippen LogP contribution in [0.2, 0.25) is 0 Å². The molecule has 1 unspecified atom stereocenters. The molecule has 0 aromatic rings. The van der Waals surface area contributed by atoms with Crippen LogP contribution in [0.5, 0.6) is 0 Å². The SMILES string of the molecule is CC#CC.CCCC(=O)NCCCCCCOP(=O)([O-])OC. The van der Waals surface area contributed by atoms with Crippen molar-refractivity contribution in [2.45, 2.75) is 59.3 Å². The van der Waals surface area contributed by atoms with Gasteiger partial charge in [0.1, 0.15) is 0 Å². The Balaban J connectivity index is 0. The van der Waals surface area contributed by atoms with Crippen LogP contribution in [0.15, 0.2) is 0 Å². The van der Waals surface area contributed by atoms with Gasteiger partial charge in [0.15, 0.2) is 0 Å². The second-order valence-corrected chi connectivity index (χ2v) is 5.99. The molecule has 0 saturated carbocycles. The van der Waals surface area contributed by atoms with Crippen LogP contribution in [-0.2, 0) is 18.4 Å². The topological polar surface area (TPSA) is 87.7 Å². The van der Waals surface area contributed by atoms with E-state index < -0.39 is 7.82 Å². The number of amides is 1. The Morgan fingerprint density at radius 1 is 1.18 bits per heavy atom. The van der Waals surface area contributed by atoms with E-state index in [1.54, 1.807) is 0 Å². The number of nitrogens with one attached hydrogen (secondary N) is 1. The molecule has 0 aliphatic heterocycles. The molecule has 6 nitrogen and oxygen atoms in total. The fourth-order valence-electron chi connectivity index (χ4n) is 1.35. The van der Waals surface area contributed by atoms with Crippen molar-refractivity contribution in [3.63, 3.8) is 0 Å². The molecule has 7 heteroatoms. The number of rotatable bonds is 11. The molecular weight excluding hydrogens is 305 g/mol. The second kappa shape index (κ2) is 16.5. The van der Waals surface area contributed by atoms with Gasteiger partial charge in [-0.1, -0.05) is 19.8 Å². The molecule has 0 aromatic heterocycles. The predicted molar refractivity (Wildman–Crippen MR) is 86.1 cm³/mol. The van der Waals surface area contributed by atoms with Crippen LogP contribution in [0.25, 0.3) is 0 Å². The van der Waals surface area contributed by atoms with Gasteiger partial charge in [-0.05, 0) is 33.1 Å². The lowest BCUT2D eigenvalue weighted by Crippen LogP contribution is -2.23. The number of carbonyl (C=O) groups excluding carboxylic acids is 1.